The van der Waals surface area contributed by atoms with Gasteiger partial charge in [-0.25, -0.2) is 9.48 Å². The molecule has 0 aromatic rings. The topological polar surface area (TPSA) is 78.5 Å². The van der Waals surface area contributed by atoms with Gasteiger partial charge in [0.05, 0.1) is 12.2 Å². The first kappa shape index (κ1) is 28.6. The molecular formula is C27H49N3O2. The standard InChI is InChI=1S/C27H49N3O2/c1-3-4-5-6-7-8-9-10-11-12-13-14-15-16-17-18-19-20-21-26-29-22-23-30(26,25(2)28)24-27(31)32/h15-16,22-23,25H,3-14,17-21,24,28H2,1-2H3/b16-15+. The molecule has 1 aliphatic heterocycles. The first-order valence-corrected chi connectivity index (χ1v) is 13.3. The summed E-state index contributed by atoms with van der Waals surface area (Å²) in [5.74, 6) is -0.249. The van der Waals surface area contributed by atoms with Crippen molar-refractivity contribution in [3.05, 3.63) is 24.6 Å². The summed E-state index contributed by atoms with van der Waals surface area (Å²) >= 11 is 0. The summed E-state index contributed by atoms with van der Waals surface area (Å²) in [5.41, 5.74) is 6.08. The molecule has 1 heterocycles. The fraction of sp³-hybridized carbons (Fsp3) is 0.778. The van der Waals surface area contributed by atoms with Gasteiger partial charge >= 0.3 is 0 Å². The summed E-state index contributed by atoms with van der Waals surface area (Å²) in [5, 5.41) is 11.2. The number of rotatable bonds is 21. The summed E-state index contributed by atoms with van der Waals surface area (Å²) in [7, 11) is 0. The number of carbonyl (C=O) groups is 1. The number of hydrogen-bond acceptors (Lipinski definition) is 4. The second-order valence-electron chi connectivity index (χ2n) is 9.44. The molecule has 0 fully saturated rings. The minimum Gasteiger partial charge on any atom is -0.544 e. The number of nitrogens with zero attached hydrogens (tertiary/aromatic N) is 2. The lowest BCUT2D eigenvalue weighted by Crippen LogP contribution is -2.60. The van der Waals surface area contributed by atoms with Crippen LogP contribution in [0.25, 0.3) is 0 Å². The number of unbranched alkanes of at least 4 members (excludes halogenated alkanes) is 14. The van der Waals surface area contributed by atoms with Crippen molar-refractivity contribution in [2.45, 2.75) is 129 Å². The number of amidine groups is 1. The Kier molecular flexibility index (Phi) is 16.1. The van der Waals surface area contributed by atoms with E-state index < -0.39 is 5.97 Å². The summed E-state index contributed by atoms with van der Waals surface area (Å²) in [6.45, 7) is 3.96. The van der Waals surface area contributed by atoms with E-state index in [1.54, 1.807) is 12.4 Å². The average Bonchev–Trinajstić information content (AvgIpc) is 3.16. The molecule has 2 N–H and O–H groups in total. The van der Waals surface area contributed by atoms with E-state index in [2.05, 4.69) is 24.1 Å². The number of carboxylic acids is 1. The van der Waals surface area contributed by atoms with E-state index >= 15 is 0 Å². The number of nitrogens with two attached hydrogens (primary N) is 1. The Labute approximate surface area is 197 Å². The van der Waals surface area contributed by atoms with Gasteiger partial charge in [0, 0.05) is 13.3 Å². The van der Waals surface area contributed by atoms with E-state index in [9.17, 15) is 9.90 Å². The maximum absolute atomic E-state index is 11.2. The van der Waals surface area contributed by atoms with Crippen molar-refractivity contribution in [2.75, 3.05) is 6.54 Å². The zero-order valence-electron chi connectivity index (χ0n) is 20.9. The van der Waals surface area contributed by atoms with Crippen LogP contribution < -0.4 is 10.8 Å². The summed E-state index contributed by atoms with van der Waals surface area (Å²) in [6.07, 6.45) is 29.5. The number of hydrogen-bond donors (Lipinski definition) is 1. The average molecular weight is 448 g/mol. The predicted molar refractivity (Wildman–Crippen MR) is 134 cm³/mol. The second kappa shape index (κ2) is 18.0. The molecule has 0 amide bonds. The van der Waals surface area contributed by atoms with Crippen molar-refractivity contribution in [1.29, 1.82) is 0 Å². The smallest absolute Gasteiger partial charge is 0.209 e. The Hall–Kier alpha value is -1.46. The van der Waals surface area contributed by atoms with Gasteiger partial charge in [0.15, 0.2) is 0 Å². The van der Waals surface area contributed by atoms with Gasteiger partial charge in [-0.05, 0) is 32.1 Å². The molecule has 2 atom stereocenters. The molecule has 0 aromatic carbocycles. The van der Waals surface area contributed by atoms with E-state index in [0.717, 1.165) is 37.9 Å². The highest BCUT2D eigenvalue weighted by Crippen LogP contribution is 2.23. The minimum absolute atomic E-state index is 0.0984. The third kappa shape index (κ3) is 12.0. The van der Waals surface area contributed by atoms with Gasteiger partial charge in [-0.2, -0.15) is 0 Å². The van der Waals surface area contributed by atoms with Crippen molar-refractivity contribution in [3.8, 4) is 0 Å². The molecule has 2 unspecified atom stereocenters. The number of carboxylic acid groups (broad SMARTS) is 1. The lowest BCUT2D eigenvalue weighted by atomic mass is 10.1. The van der Waals surface area contributed by atoms with Crippen LogP contribution in [0.3, 0.4) is 0 Å². The molecule has 184 valence electrons. The van der Waals surface area contributed by atoms with Crippen LogP contribution in [-0.4, -0.2) is 29.0 Å². The normalized spacial score (nSPS) is 19.0. The highest BCUT2D eigenvalue weighted by Gasteiger charge is 2.38. The van der Waals surface area contributed by atoms with E-state index in [4.69, 9.17) is 5.73 Å². The molecule has 0 aliphatic carbocycles. The van der Waals surface area contributed by atoms with Crippen molar-refractivity contribution in [1.82, 2.24) is 0 Å². The molecule has 32 heavy (non-hydrogen) atoms. The van der Waals surface area contributed by atoms with Gasteiger partial charge < -0.3 is 9.90 Å². The molecule has 1 rings (SSSR count). The number of carbonyl (C=O) groups excluding carboxylic acids is 1. The van der Waals surface area contributed by atoms with Crippen LogP contribution in [0.4, 0.5) is 0 Å². The Bertz CT molecular complexity index is 583. The van der Waals surface area contributed by atoms with E-state index in [-0.39, 0.29) is 17.2 Å². The van der Waals surface area contributed by atoms with Crippen LogP contribution in [0.1, 0.15) is 123 Å². The van der Waals surface area contributed by atoms with Gasteiger partial charge in [-0.1, -0.05) is 89.7 Å². The molecule has 5 heteroatoms. The summed E-state index contributed by atoms with van der Waals surface area (Å²) in [4.78, 5) is 15.6. The third-order valence-electron chi connectivity index (χ3n) is 6.57. The quantitative estimate of drug-likeness (QED) is 0.134. The predicted octanol–water partition coefficient (Wildman–Crippen LogP) is 5.95. The van der Waals surface area contributed by atoms with Crippen molar-refractivity contribution in [2.24, 2.45) is 10.7 Å². The second-order valence-corrected chi connectivity index (χ2v) is 9.44. The lowest BCUT2D eigenvalue weighted by Gasteiger charge is -2.36. The highest BCUT2D eigenvalue weighted by atomic mass is 16.4. The number of aliphatic imine (C=N–C) groups is 1. The maximum atomic E-state index is 11.2. The van der Waals surface area contributed by atoms with E-state index in [1.165, 1.54) is 77.0 Å². The first-order valence-electron chi connectivity index (χ1n) is 13.3. The maximum Gasteiger partial charge on any atom is 0.209 e. The number of aliphatic carboxylic acids is 1. The van der Waals surface area contributed by atoms with E-state index in [0.29, 0.717) is 0 Å². The van der Waals surface area contributed by atoms with Gasteiger partial charge in [-0.15, -0.1) is 0 Å². The van der Waals surface area contributed by atoms with Crippen LogP contribution in [-0.2, 0) is 4.79 Å². The monoisotopic (exact) mass is 447 g/mol. The van der Waals surface area contributed by atoms with Crippen LogP contribution in [0, 0.1) is 0 Å². The first-order chi connectivity index (χ1) is 15.5. The molecule has 0 aromatic heterocycles. The fourth-order valence-electron chi connectivity index (χ4n) is 4.46. The largest absolute Gasteiger partial charge is 0.544 e. The van der Waals surface area contributed by atoms with Crippen LogP contribution in [0.2, 0.25) is 0 Å². The van der Waals surface area contributed by atoms with Crippen LogP contribution >= 0.6 is 0 Å². The van der Waals surface area contributed by atoms with Crippen molar-refractivity contribution < 1.29 is 14.4 Å². The van der Waals surface area contributed by atoms with Crippen LogP contribution in [0.5, 0.6) is 0 Å². The Balaban J connectivity index is 1.98. The van der Waals surface area contributed by atoms with Crippen LogP contribution in [0.15, 0.2) is 29.5 Å². The Morgan fingerprint density at radius 3 is 1.94 bits per heavy atom. The van der Waals surface area contributed by atoms with Gasteiger partial charge in [0.1, 0.15) is 18.9 Å². The third-order valence-corrected chi connectivity index (χ3v) is 6.57. The molecule has 0 bridgehead atoms. The van der Waals surface area contributed by atoms with Gasteiger partial charge in [0.25, 0.3) is 0 Å². The molecule has 1 aliphatic rings. The van der Waals surface area contributed by atoms with Gasteiger partial charge in [-0.3, -0.25) is 5.73 Å². The zero-order valence-corrected chi connectivity index (χ0v) is 20.9. The lowest BCUT2D eigenvalue weighted by molar-refractivity contribution is -0.808. The van der Waals surface area contributed by atoms with Crippen molar-refractivity contribution in [3.63, 3.8) is 0 Å². The minimum atomic E-state index is -1.09. The fourth-order valence-corrected chi connectivity index (χ4v) is 4.46. The van der Waals surface area contributed by atoms with Gasteiger partial charge in [0.2, 0.25) is 5.84 Å². The molecule has 0 radical (unpaired) electrons. The van der Waals surface area contributed by atoms with E-state index in [1.807, 2.05) is 6.92 Å². The summed E-state index contributed by atoms with van der Waals surface area (Å²) in [6, 6.07) is 0. The molecule has 5 nitrogen and oxygen atoms in total. The molecule has 0 saturated carbocycles. The Morgan fingerprint density at radius 2 is 1.44 bits per heavy atom. The number of quaternary nitrogens is 1. The van der Waals surface area contributed by atoms with Crippen molar-refractivity contribution >= 4 is 11.8 Å². The molecular weight excluding hydrogens is 398 g/mol. The SMILES string of the molecule is CCCCCCCCCCCCC/C=C/CCCCCC1=NC=C[N+]1(CC(=O)[O-])C(C)N. The highest BCUT2D eigenvalue weighted by molar-refractivity contribution is 5.81. The summed E-state index contributed by atoms with van der Waals surface area (Å²) < 4.78 is 0.0984. The molecule has 0 saturated heterocycles. The zero-order chi connectivity index (χ0) is 23.5. The molecule has 0 spiro atoms. The number of allylic oxidation sites excluding steroid dienone is 2. The Morgan fingerprint density at radius 1 is 0.938 bits per heavy atom.